The van der Waals surface area contributed by atoms with E-state index in [0.29, 0.717) is 11.5 Å². The molecule has 0 heterocycles. The summed E-state index contributed by atoms with van der Waals surface area (Å²) in [5.41, 5.74) is 3.79. The lowest BCUT2D eigenvalue weighted by molar-refractivity contribution is 0.0954. The first-order valence-electron chi connectivity index (χ1n) is 6.11. The van der Waals surface area contributed by atoms with Gasteiger partial charge in [-0.15, -0.1) is 0 Å². The van der Waals surface area contributed by atoms with Gasteiger partial charge in [0.2, 0.25) is 0 Å². The van der Waals surface area contributed by atoms with Crippen LogP contribution >= 0.6 is 0 Å². The highest BCUT2D eigenvalue weighted by Crippen LogP contribution is 2.10. The summed E-state index contributed by atoms with van der Waals surface area (Å²) in [7, 11) is 0. The number of amides is 1. The Bertz CT molecular complexity index is 439. The molecule has 0 saturated carbocycles. The average Bonchev–Trinajstić information content (AvgIpc) is 2.33. The fourth-order valence-electron chi connectivity index (χ4n) is 1.41. The van der Waals surface area contributed by atoms with Gasteiger partial charge in [0.15, 0.2) is 0 Å². The molecule has 0 spiro atoms. The van der Waals surface area contributed by atoms with E-state index in [9.17, 15) is 9.90 Å². The van der Waals surface area contributed by atoms with Gasteiger partial charge in [-0.1, -0.05) is 19.9 Å². The third-order valence-electron chi connectivity index (χ3n) is 2.54. The van der Waals surface area contributed by atoms with Gasteiger partial charge in [0.1, 0.15) is 5.75 Å². The molecule has 1 aromatic rings. The smallest absolute Gasteiger partial charge is 0.271 e. The largest absolute Gasteiger partial charge is 0.508 e. The summed E-state index contributed by atoms with van der Waals surface area (Å²) in [6, 6.07) is 6.19. The van der Waals surface area contributed by atoms with Gasteiger partial charge in [0.25, 0.3) is 5.91 Å². The number of hydrazone groups is 1. The standard InChI is InChI=1S/C14H20N2O2/c1-10(2)7-8-11(3)15-16-14(18)12-5-4-6-13(17)9-12/h4-6,9-10,17H,7-8H2,1-3H3,(H,16,18)/b15-11-. The number of hydrogen-bond donors (Lipinski definition) is 2. The first-order chi connectivity index (χ1) is 8.49. The predicted molar refractivity (Wildman–Crippen MR) is 72.8 cm³/mol. The molecule has 0 bridgehead atoms. The lowest BCUT2D eigenvalue weighted by atomic mass is 10.1. The van der Waals surface area contributed by atoms with E-state index in [2.05, 4.69) is 24.4 Å². The molecule has 0 saturated heterocycles. The van der Waals surface area contributed by atoms with Crippen molar-refractivity contribution < 1.29 is 9.90 Å². The van der Waals surface area contributed by atoms with Gasteiger partial charge >= 0.3 is 0 Å². The van der Waals surface area contributed by atoms with Crippen LogP contribution in [0.4, 0.5) is 0 Å². The summed E-state index contributed by atoms with van der Waals surface area (Å²) in [4.78, 5) is 11.7. The minimum absolute atomic E-state index is 0.0724. The number of phenols is 1. The van der Waals surface area contributed by atoms with Crippen LogP contribution < -0.4 is 5.43 Å². The first-order valence-corrected chi connectivity index (χ1v) is 6.11. The Hall–Kier alpha value is -1.84. The zero-order valence-electron chi connectivity index (χ0n) is 11.1. The van der Waals surface area contributed by atoms with Crippen molar-refractivity contribution in [1.29, 1.82) is 0 Å². The molecule has 0 aliphatic heterocycles. The molecule has 0 aliphatic rings. The topological polar surface area (TPSA) is 61.7 Å². The Morgan fingerprint density at radius 3 is 2.78 bits per heavy atom. The fourth-order valence-corrected chi connectivity index (χ4v) is 1.41. The molecule has 98 valence electrons. The van der Waals surface area contributed by atoms with Crippen LogP contribution in [-0.2, 0) is 0 Å². The predicted octanol–water partition coefficient (Wildman–Crippen LogP) is 2.93. The number of phenolic OH excluding ortho intramolecular Hbond substituents is 1. The summed E-state index contributed by atoms with van der Waals surface area (Å²) in [6.07, 6.45) is 1.93. The van der Waals surface area contributed by atoms with Crippen LogP contribution in [0.3, 0.4) is 0 Å². The van der Waals surface area contributed by atoms with E-state index < -0.39 is 0 Å². The number of benzene rings is 1. The second-order valence-corrected chi connectivity index (χ2v) is 4.77. The summed E-state index contributed by atoms with van der Waals surface area (Å²) in [5, 5.41) is 13.3. The maximum atomic E-state index is 11.7. The number of aromatic hydroxyl groups is 1. The Labute approximate surface area is 108 Å². The molecule has 0 atom stereocenters. The summed E-state index contributed by atoms with van der Waals surface area (Å²) >= 11 is 0. The van der Waals surface area contributed by atoms with E-state index in [1.807, 2.05) is 6.92 Å². The van der Waals surface area contributed by atoms with Crippen LogP contribution in [-0.4, -0.2) is 16.7 Å². The quantitative estimate of drug-likeness (QED) is 0.621. The molecule has 4 nitrogen and oxygen atoms in total. The number of rotatable bonds is 5. The minimum atomic E-state index is -0.310. The fraction of sp³-hybridized carbons (Fsp3) is 0.429. The van der Waals surface area contributed by atoms with Crippen LogP contribution in [0.25, 0.3) is 0 Å². The molecule has 2 N–H and O–H groups in total. The normalized spacial score (nSPS) is 11.7. The van der Waals surface area contributed by atoms with Crippen molar-refractivity contribution in [3.8, 4) is 5.75 Å². The molecular weight excluding hydrogens is 228 g/mol. The highest BCUT2D eigenvalue weighted by Gasteiger charge is 2.05. The van der Waals surface area contributed by atoms with Crippen LogP contribution in [0.5, 0.6) is 5.75 Å². The van der Waals surface area contributed by atoms with Gasteiger partial charge in [0, 0.05) is 11.3 Å². The third kappa shape index (κ3) is 4.99. The van der Waals surface area contributed by atoms with Crippen LogP contribution in [0.2, 0.25) is 0 Å². The van der Waals surface area contributed by atoms with E-state index >= 15 is 0 Å². The lowest BCUT2D eigenvalue weighted by Crippen LogP contribution is -2.19. The Kier molecular flexibility index (Phi) is 5.36. The number of hydrogen-bond acceptors (Lipinski definition) is 3. The molecule has 1 amide bonds. The van der Waals surface area contributed by atoms with Crippen molar-refractivity contribution in [1.82, 2.24) is 5.43 Å². The molecule has 0 aliphatic carbocycles. The molecule has 0 unspecified atom stereocenters. The van der Waals surface area contributed by atoms with Crippen molar-refractivity contribution in [2.75, 3.05) is 0 Å². The summed E-state index contributed by atoms with van der Waals surface area (Å²) < 4.78 is 0. The van der Waals surface area contributed by atoms with Crippen molar-refractivity contribution in [2.24, 2.45) is 11.0 Å². The van der Waals surface area contributed by atoms with Gasteiger partial charge in [-0.25, -0.2) is 5.43 Å². The maximum Gasteiger partial charge on any atom is 0.271 e. The van der Waals surface area contributed by atoms with Crippen LogP contribution in [0, 0.1) is 5.92 Å². The SMILES string of the molecule is C/C(CCC(C)C)=N/NC(=O)c1cccc(O)c1. The molecule has 4 heteroatoms. The molecule has 1 aromatic carbocycles. The Morgan fingerprint density at radius 1 is 1.44 bits per heavy atom. The zero-order valence-corrected chi connectivity index (χ0v) is 11.1. The third-order valence-corrected chi connectivity index (χ3v) is 2.54. The van der Waals surface area contributed by atoms with Gasteiger partial charge in [-0.2, -0.15) is 5.10 Å². The van der Waals surface area contributed by atoms with E-state index in [4.69, 9.17) is 0 Å². The zero-order chi connectivity index (χ0) is 13.5. The van der Waals surface area contributed by atoms with Crippen molar-refractivity contribution in [3.63, 3.8) is 0 Å². The molecule has 1 rings (SSSR count). The van der Waals surface area contributed by atoms with Crippen LogP contribution in [0.15, 0.2) is 29.4 Å². The summed E-state index contributed by atoms with van der Waals surface area (Å²) in [6.45, 7) is 6.20. The highest BCUT2D eigenvalue weighted by atomic mass is 16.3. The van der Waals surface area contributed by atoms with Crippen molar-refractivity contribution in [3.05, 3.63) is 29.8 Å². The van der Waals surface area contributed by atoms with Gasteiger partial charge in [-0.05, 0) is 43.9 Å². The van der Waals surface area contributed by atoms with Crippen molar-refractivity contribution >= 4 is 11.6 Å². The molecule has 0 radical (unpaired) electrons. The monoisotopic (exact) mass is 248 g/mol. The van der Waals surface area contributed by atoms with Gasteiger partial charge in [-0.3, -0.25) is 4.79 Å². The van der Waals surface area contributed by atoms with Gasteiger partial charge in [0.05, 0.1) is 0 Å². The minimum Gasteiger partial charge on any atom is -0.508 e. The van der Waals surface area contributed by atoms with E-state index in [1.165, 1.54) is 12.1 Å². The summed E-state index contributed by atoms with van der Waals surface area (Å²) in [5.74, 6) is 0.384. The van der Waals surface area contributed by atoms with E-state index in [0.717, 1.165) is 18.6 Å². The second-order valence-electron chi connectivity index (χ2n) is 4.77. The molecule has 0 aromatic heterocycles. The molecule has 0 fully saturated rings. The van der Waals surface area contributed by atoms with Gasteiger partial charge < -0.3 is 5.11 Å². The number of nitrogens with one attached hydrogen (secondary N) is 1. The average molecular weight is 248 g/mol. The number of carbonyl (C=O) groups excluding carboxylic acids is 1. The number of nitrogens with zero attached hydrogens (tertiary/aromatic N) is 1. The highest BCUT2D eigenvalue weighted by molar-refractivity contribution is 5.95. The second kappa shape index (κ2) is 6.79. The van der Waals surface area contributed by atoms with E-state index in [1.54, 1.807) is 12.1 Å². The Morgan fingerprint density at radius 2 is 2.17 bits per heavy atom. The first kappa shape index (κ1) is 14.2. The molecular formula is C14H20N2O2. The van der Waals surface area contributed by atoms with E-state index in [-0.39, 0.29) is 11.7 Å². The Balaban J connectivity index is 2.52. The maximum absolute atomic E-state index is 11.7. The van der Waals surface area contributed by atoms with Crippen molar-refractivity contribution in [2.45, 2.75) is 33.6 Å². The number of carbonyl (C=O) groups is 1. The lowest BCUT2D eigenvalue weighted by Gasteiger charge is -2.05. The van der Waals surface area contributed by atoms with Crippen LogP contribution in [0.1, 0.15) is 44.0 Å². The molecule has 18 heavy (non-hydrogen) atoms.